The molecule has 5 N–H and O–H groups in total. The van der Waals surface area contributed by atoms with Crippen molar-refractivity contribution in [3.8, 4) is 0 Å². The summed E-state index contributed by atoms with van der Waals surface area (Å²) in [7, 11) is -4.71. The molecule has 1 heterocycles. The maximum absolute atomic E-state index is 10.7. The van der Waals surface area contributed by atoms with Gasteiger partial charge in [0.2, 0.25) is 5.96 Å². The molecule has 20 heavy (non-hydrogen) atoms. The van der Waals surface area contributed by atoms with Crippen LogP contribution in [-0.2, 0) is 14.7 Å². The van der Waals surface area contributed by atoms with Gasteiger partial charge in [-0.25, -0.2) is 0 Å². The summed E-state index contributed by atoms with van der Waals surface area (Å²) in [5.74, 6) is 0.332. The molecule has 0 bridgehead atoms. The Morgan fingerprint density at radius 1 is 1.45 bits per heavy atom. The zero-order valence-corrected chi connectivity index (χ0v) is 12.4. The Balaban J connectivity index is 2.92. The summed E-state index contributed by atoms with van der Waals surface area (Å²) in [5, 5.41) is 0.634. The maximum atomic E-state index is 10.7. The van der Waals surface area contributed by atoms with E-state index in [1.54, 1.807) is 0 Å². The van der Waals surface area contributed by atoms with Crippen LogP contribution in [0.25, 0.3) is 0 Å². The average molecular weight is 307 g/mol. The van der Waals surface area contributed by atoms with E-state index in [1.807, 2.05) is 18.7 Å². The molecule has 0 amide bonds. The van der Waals surface area contributed by atoms with E-state index in [4.69, 9.17) is 16.0 Å². The zero-order chi connectivity index (χ0) is 15.3. The monoisotopic (exact) mass is 307 g/mol. The number of nitrogens with two attached hydrogens (primary N) is 2. The minimum absolute atomic E-state index is 0.232. The van der Waals surface area contributed by atoms with Crippen molar-refractivity contribution in [3.63, 3.8) is 0 Å². The molecule has 1 atom stereocenters. The molecule has 0 radical (unpaired) electrons. The fourth-order valence-electron chi connectivity index (χ4n) is 1.82. The SMILES string of the molecule is CCCN(CCC)C1=CC(N)N(OS(=O)(=O)O)C(N)=N1. The second-order valence-electron chi connectivity index (χ2n) is 4.30. The summed E-state index contributed by atoms with van der Waals surface area (Å²) in [6.07, 6.45) is 2.41. The summed E-state index contributed by atoms with van der Waals surface area (Å²) in [6, 6.07) is 0. The van der Waals surface area contributed by atoms with Gasteiger partial charge in [-0.3, -0.25) is 4.55 Å². The van der Waals surface area contributed by atoms with Gasteiger partial charge in [0.1, 0.15) is 12.0 Å². The van der Waals surface area contributed by atoms with E-state index in [2.05, 4.69) is 9.28 Å². The number of aliphatic imine (C=N–C) groups is 1. The van der Waals surface area contributed by atoms with Crippen molar-refractivity contribution < 1.29 is 17.3 Å². The van der Waals surface area contributed by atoms with Gasteiger partial charge in [-0.1, -0.05) is 13.8 Å². The first-order chi connectivity index (χ1) is 9.28. The van der Waals surface area contributed by atoms with Gasteiger partial charge in [0.15, 0.2) is 0 Å². The highest BCUT2D eigenvalue weighted by Crippen LogP contribution is 2.16. The van der Waals surface area contributed by atoms with Crippen LogP contribution in [0.2, 0.25) is 0 Å². The molecular weight excluding hydrogens is 286 g/mol. The molecular formula is C10H21N5O4S. The molecule has 10 heteroatoms. The molecule has 0 aromatic heterocycles. The molecule has 0 aliphatic carbocycles. The summed E-state index contributed by atoms with van der Waals surface area (Å²) in [6.45, 7) is 5.63. The van der Waals surface area contributed by atoms with Crippen LogP contribution in [0.1, 0.15) is 26.7 Å². The van der Waals surface area contributed by atoms with Crippen LogP contribution in [0.4, 0.5) is 0 Å². The Morgan fingerprint density at radius 3 is 2.40 bits per heavy atom. The van der Waals surface area contributed by atoms with Crippen LogP contribution in [-0.4, -0.2) is 48.1 Å². The Labute approximate surface area is 118 Å². The summed E-state index contributed by atoms with van der Waals surface area (Å²) >= 11 is 0. The molecule has 0 saturated heterocycles. The van der Waals surface area contributed by atoms with Crippen LogP contribution in [0.5, 0.6) is 0 Å². The quantitative estimate of drug-likeness (QED) is 0.541. The molecule has 0 spiro atoms. The predicted molar refractivity (Wildman–Crippen MR) is 74.3 cm³/mol. The van der Waals surface area contributed by atoms with Crippen molar-refractivity contribution in [1.29, 1.82) is 0 Å². The van der Waals surface area contributed by atoms with Crippen LogP contribution < -0.4 is 11.5 Å². The molecule has 0 aromatic carbocycles. The van der Waals surface area contributed by atoms with E-state index >= 15 is 0 Å². The summed E-state index contributed by atoms with van der Waals surface area (Å²) < 4.78 is 34.3. The topological polar surface area (TPSA) is 134 Å². The lowest BCUT2D eigenvalue weighted by atomic mass is 10.3. The highest BCUT2D eigenvalue weighted by Gasteiger charge is 2.27. The van der Waals surface area contributed by atoms with Crippen molar-refractivity contribution in [2.24, 2.45) is 16.5 Å². The van der Waals surface area contributed by atoms with Gasteiger partial charge in [-0.05, 0) is 18.9 Å². The number of rotatable bonds is 7. The number of hydrogen-bond acceptors (Lipinski definition) is 8. The first kappa shape index (κ1) is 16.7. The number of guanidine groups is 1. The maximum Gasteiger partial charge on any atom is 0.418 e. The Bertz CT molecular complexity index is 484. The van der Waals surface area contributed by atoms with Crippen molar-refractivity contribution in [3.05, 3.63) is 11.9 Å². The second kappa shape index (κ2) is 6.88. The van der Waals surface area contributed by atoms with Crippen molar-refractivity contribution in [2.45, 2.75) is 32.9 Å². The van der Waals surface area contributed by atoms with Crippen molar-refractivity contribution in [2.75, 3.05) is 13.1 Å². The Kier molecular flexibility index (Phi) is 5.74. The normalized spacial score (nSPS) is 19.6. The zero-order valence-electron chi connectivity index (χ0n) is 11.6. The second-order valence-corrected chi connectivity index (χ2v) is 5.31. The number of hydroxylamine groups is 2. The lowest BCUT2D eigenvalue weighted by molar-refractivity contribution is -0.0132. The minimum atomic E-state index is -4.71. The van der Waals surface area contributed by atoms with Crippen molar-refractivity contribution in [1.82, 2.24) is 9.96 Å². The smallest absolute Gasteiger partial charge is 0.368 e. The van der Waals surface area contributed by atoms with Gasteiger partial charge in [-0.15, -0.1) is 4.28 Å². The standard InChI is InChI=1S/C10H21N5O4S/c1-3-5-14(6-4-2)9-7-8(11)15(10(12)13-9)19-20(16,17)18/h7-8H,3-6,11H2,1-2H3,(H2,12,13)(H,16,17,18). The predicted octanol–water partition coefficient (Wildman–Crippen LogP) is -0.401. The van der Waals surface area contributed by atoms with E-state index in [0.717, 1.165) is 25.9 Å². The third-order valence-electron chi connectivity index (χ3n) is 2.53. The van der Waals surface area contributed by atoms with Crippen LogP contribution in [0.3, 0.4) is 0 Å². The van der Waals surface area contributed by atoms with E-state index in [0.29, 0.717) is 10.9 Å². The minimum Gasteiger partial charge on any atom is -0.368 e. The summed E-state index contributed by atoms with van der Waals surface area (Å²) in [4.78, 5) is 6.06. The van der Waals surface area contributed by atoms with Gasteiger partial charge in [0.25, 0.3) is 0 Å². The van der Waals surface area contributed by atoms with E-state index in [9.17, 15) is 8.42 Å². The molecule has 1 unspecified atom stereocenters. The lowest BCUT2D eigenvalue weighted by Gasteiger charge is -2.32. The first-order valence-electron chi connectivity index (χ1n) is 6.31. The molecule has 116 valence electrons. The molecule has 0 aromatic rings. The Morgan fingerprint density at radius 2 is 2.00 bits per heavy atom. The first-order valence-corrected chi connectivity index (χ1v) is 7.67. The molecule has 1 aliphatic heterocycles. The summed E-state index contributed by atoms with van der Waals surface area (Å²) in [5.41, 5.74) is 11.4. The largest absolute Gasteiger partial charge is 0.418 e. The van der Waals surface area contributed by atoms with Crippen LogP contribution >= 0.6 is 0 Å². The average Bonchev–Trinajstić information content (AvgIpc) is 2.32. The third kappa shape index (κ3) is 4.63. The number of hydrogen-bond donors (Lipinski definition) is 3. The van der Waals surface area contributed by atoms with Gasteiger partial charge >= 0.3 is 10.4 Å². The molecule has 1 aliphatic rings. The van der Waals surface area contributed by atoms with E-state index < -0.39 is 16.6 Å². The highest BCUT2D eigenvalue weighted by atomic mass is 32.3. The molecule has 0 fully saturated rings. The molecule has 0 saturated carbocycles. The van der Waals surface area contributed by atoms with Gasteiger partial charge in [0, 0.05) is 13.1 Å². The fraction of sp³-hybridized carbons (Fsp3) is 0.700. The van der Waals surface area contributed by atoms with E-state index in [1.165, 1.54) is 6.08 Å². The van der Waals surface area contributed by atoms with E-state index in [-0.39, 0.29) is 5.96 Å². The van der Waals surface area contributed by atoms with Crippen LogP contribution in [0.15, 0.2) is 16.9 Å². The Hall–Kier alpha value is -1.36. The fourth-order valence-corrected chi connectivity index (χ4v) is 2.20. The third-order valence-corrected chi connectivity index (χ3v) is 2.88. The lowest BCUT2D eigenvalue weighted by Crippen LogP contribution is -2.52. The van der Waals surface area contributed by atoms with Crippen LogP contribution in [0, 0.1) is 0 Å². The highest BCUT2D eigenvalue weighted by molar-refractivity contribution is 7.80. The molecule has 9 nitrogen and oxygen atoms in total. The van der Waals surface area contributed by atoms with Gasteiger partial charge in [0.05, 0.1) is 0 Å². The van der Waals surface area contributed by atoms with Crippen molar-refractivity contribution >= 4 is 16.4 Å². The van der Waals surface area contributed by atoms with Gasteiger partial charge in [-0.2, -0.15) is 18.5 Å². The number of nitrogens with zero attached hydrogens (tertiary/aromatic N) is 3. The molecule has 1 rings (SSSR count). The van der Waals surface area contributed by atoms with Gasteiger partial charge < -0.3 is 16.4 Å².